The van der Waals surface area contributed by atoms with Crippen molar-refractivity contribution in [2.45, 2.75) is 5.92 Å². The highest BCUT2D eigenvalue weighted by Crippen LogP contribution is 2.48. The number of rotatable bonds is 5. The van der Waals surface area contributed by atoms with Gasteiger partial charge in [-0.15, -0.1) is 5.10 Å². The minimum atomic E-state index is -0.675. The number of allylic oxidation sites excluding steroid dienone is 1. The van der Waals surface area contributed by atoms with Crippen LogP contribution in [0, 0.1) is 11.3 Å². The Balaban J connectivity index is 1.43. The first-order valence-corrected chi connectivity index (χ1v) is 11.1. The summed E-state index contributed by atoms with van der Waals surface area (Å²) in [4.78, 5) is 12.4. The van der Waals surface area contributed by atoms with Gasteiger partial charge in [-0.1, -0.05) is 6.07 Å². The number of carbonyl (C=O) groups excluding carboxylic acids is 1. The second kappa shape index (κ2) is 8.69. The van der Waals surface area contributed by atoms with Crippen molar-refractivity contribution in [2.75, 3.05) is 13.9 Å². The number of hydrogen-bond acceptors (Lipinski definition) is 10. The lowest BCUT2D eigenvalue weighted by molar-refractivity contribution is 0.0696. The molecule has 2 aliphatic rings. The van der Waals surface area contributed by atoms with Gasteiger partial charge in [-0.3, -0.25) is 5.10 Å². The zero-order valence-corrected chi connectivity index (χ0v) is 19.3. The molecule has 0 spiro atoms. The number of ether oxygens (including phenoxy) is 5. The van der Waals surface area contributed by atoms with Crippen molar-refractivity contribution in [3.05, 3.63) is 83.1 Å². The van der Waals surface area contributed by atoms with Gasteiger partial charge in [0.15, 0.2) is 23.0 Å². The largest absolute Gasteiger partial charge is 0.493 e. The molecule has 3 N–H and O–H groups in total. The lowest BCUT2D eigenvalue weighted by atomic mass is 9.83. The van der Waals surface area contributed by atoms with E-state index >= 15 is 0 Å². The Hall–Kier alpha value is -5.37. The van der Waals surface area contributed by atoms with E-state index in [1.807, 2.05) is 12.1 Å². The molecule has 11 heteroatoms. The molecular weight excluding hydrogens is 480 g/mol. The van der Waals surface area contributed by atoms with Crippen LogP contribution in [0.15, 0.2) is 70.7 Å². The predicted molar refractivity (Wildman–Crippen MR) is 126 cm³/mol. The molecule has 0 amide bonds. The van der Waals surface area contributed by atoms with Gasteiger partial charge in [0.25, 0.3) is 0 Å². The number of fused-ring (bicyclic) bond motifs is 2. The lowest BCUT2D eigenvalue weighted by Gasteiger charge is -2.24. The summed E-state index contributed by atoms with van der Waals surface area (Å²) < 4.78 is 32.7. The topological polar surface area (TPSA) is 155 Å². The zero-order chi connectivity index (χ0) is 25.5. The SMILES string of the molecule is COc1cc([C@H]2C(C#N)=C(N)Oc3n[nH]c(-c4ccc5c(c4)OCO5)c32)ccc1OC(=O)c1ccco1. The second-order valence-corrected chi connectivity index (χ2v) is 8.09. The third kappa shape index (κ3) is 3.68. The van der Waals surface area contributed by atoms with Crippen LogP contribution in [0.25, 0.3) is 11.3 Å². The molecule has 0 aliphatic carbocycles. The molecule has 1 atom stereocenters. The Morgan fingerprint density at radius 3 is 2.81 bits per heavy atom. The lowest BCUT2D eigenvalue weighted by Crippen LogP contribution is -2.21. The number of nitrogens with two attached hydrogens (primary N) is 1. The number of furan rings is 1. The van der Waals surface area contributed by atoms with Crippen LogP contribution < -0.4 is 29.4 Å². The summed E-state index contributed by atoms with van der Waals surface area (Å²) in [6.45, 7) is 0.139. The molecule has 184 valence electrons. The van der Waals surface area contributed by atoms with Crippen LogP contribution in [0.2, 0.25) is 0 Å². The summed E-state index contributed by atoms with van der Waals surface area (Å²) in [6, 6.07) is 15.7. The van der Waals surface area contributed by atoms with E-state index in [4.69, 9.17) is 33.8 Å². The van der Waals surface area contributed by atoms with Crippen LogP contribution in [0.1, 0.15) is 27.6 Å². The third-order valence-electron chi connectivity index (χ3n) is 6.05. The van der Waals surface area contributed by atoms with E-state index in [9.17, 15) is 10.1 Å². The van der Waals surface area contributed by atoms with Gasteiger partial charge in [-0.05, 0) is 48.0 Å². The minimum Gasteiger partial charge on any atom is -0.493 e. The van der Waals surface area contributed by atoms with Crippen LogP contribution in [-0.2, 0) is 0 Å². The highest BCUT2D eigenvalue weighted by molar-refractivity contribution is 5.88. The van der Waals surface area contributed by atoms with Crippen molar-refractivity contribution in [3.63, 3.8) is 0 Å². The van der Waals surface area contributed by atoms with Crippen LogP contribution in [0.3, 0.4) is 0 Å². The number of nitriles is 1. The Kier molecular flexibility index (Phi) is 5.19. The van der Waals surface area contributed by atoms with Crippen molar-refractivity contribution in [1.29, 1.82) is 5.26 Å². The number of aromatic nitrogens is 2. The molecule has 11 nitrogen and oxygen atoms in total. The summed E-state index contributed by atoms with van der Waals surface area (Å²) in [6.07, 6.45) is 1.38. The maximum Gasteiger partial charge on any atom is 0.379 e. The molecule has 0 saturated heterocycles. The number of methoxy groups -OCH3 is 1. The fourth-order valence-corrected chi connectivity index (χ4v) is 4.34. The average Bonchev–Trinajstić information content (AvgIpc) is 3.68. The highest BCUT2D eigenvalue weighted by atomic mass is 16.7. The number of aromatic amines is 1. The first-order chi connectivity index (χ1) is 18.1. The van der Waals surface area contributed by atoms with E-state index in [-0.39, 0.29) is 41.4 Å². The number of H-pyrrole nitrogens is 1. The van der Waals surface area contributed by atoms with Gasteiger partial charge in [0.05, 0.1) is 30.5 Å². The standard InChI is InChI=1S/C26H18N4O7/c1-32-19-9-13(4-7-17(19)36-26(31)18-3-2-8-33-18)21-15(11-27)24(28)37-25-22(21)23(29-30-25)14-5-6-16-20(10-14)35-12-34-16/h2-10,21H,12,28H2,1H3,(H,29,30)/t21-/m0/s1. The van der Waals surface area contributed by atoms with Crippen LogP contribution in [0.5, 0.6) is 28.9 Å². The smallest absolute Gasteiger partial charge is 0.379 e. The fourth-order valence-electron chi connectivity index (χ4n) is 4.34. The molecule has 4 heterocycles. The normalized spacial score (nSPS) is 15.5. The molecule has 4 aromatic rings. The Labute approximate surface area is 209 Å². The molecule has 0 saturated carbocycles. The van der Waals surface area contributed by atoms with E-state index in [1.54, 1.807) is 30.3 Å². The van der Waals surface area contributed by atoms with Crippen molar-refractivity contribution in [2.24, 2.45) is 5.73 Å². The zero-order valence-electron chi connectivity index (χ0n) is 19.3. The number of nitrogens with zero attached hydrogens (tertiary/aromatic N) is 2. The van der Waals surface area contributed by atoms with Crippen molar-refractivity contribution < 1.29 is 32.9 Å². The first-order valence-electron chi connectivity index (χ1n) is 11.1. The summed E-state index contributed by atoms with van der Waals surface area (Å²) in [5.41, 5.74) is 8.91. The van der Waals surface area contributed by atoms with Gasteiger partial charge in [0.1, 0.15) is 11.6 Å². The molecule has 2 aromatic heterocycles. The average molecular weight is 498 g/mol. The monoisotopic (exact) mass is 498 g/mol. The van der Waals surface area contributed by atoms with E-state index in [0.29, 0.717) is 28.3 Å². The Morgan fingerprint density at radius 1 is 1.16 bits per heavy atom. The summed E-state index contributed by atoms with van der Waals surface area (Å²) in [5, 5.41) is 17.3. The molecule has 0 radical (unpaired) electrons. The van der Waals surface area contributed by atoms with Gasteiger partial charge < -0.3 is 33.8 Å². The molecule has 37 heavy (non-hydrogen) atoms. The fraction of sp³-hybridized carbons (Fsp3) is 0.115. The van der Waals surface area contributed by atoms with Crippen molar-refractivity contribution in [1.82, 2.24) is 10.2 Å². The highest BCUT2D eigenvalue weighted by Gasteiger charge is 2.36. The molecular formula is C26H18N4O7. The molecule has 2 aromatic carbocycles. The molecule has 6 rings (SSSR count). The third-order valence-corrected chi connectivity index (χ3v) is 6.05. The summed E-state index contributed by atoms with van der Waals surface area (Å²) in [7, 11) is 1.45. The summed E-state index contributed by atoms with van der Waals surface area (Å²) in [5.74, 6) is 0.577. The molecule has 0 fully saturated rings. The Bertz CT molecular complexity index is 1600. The number of nitrogens with one attached hydrogen (secondary N) is 1. The quantitative estimate of drug-likeness (QED) is 0.306. The van der Waals surface area contributed by atoms with Gasteiger partial charge in [0.2, 0.25) is 24.3 Å². The number of carbonyl (C=O) groups is 1. The minimum absolute atomic E-state index is 0.0504. The summed E-state index contributed by atoms with van der Waals surface area (Å²) >= 11 is 0. The Morgan fingerprint density at radius 2 is 2.03 bits per heavy atom. The van der Waals surface area contributed by atoms with Crippen molar-refractivity contribution in [3.8, 4) is 46.2 Å². The van der Waals surface area contributed by atoms with Crippen LogP contribution >= 0.6 is 0 Å². The van der Waals surface area contributed by atoms with E-state index in [1.165, 1.54) is 19.4 Å². The van der Waals surface area contributed by atoms with Crippen molar-refractivity contribution >= 4 is 5.97 Å². The van der Waals surface area contributed by atoms with Gasteiger partial charge in [-0.25, -0.2) is 4.79 Å². The number of esters is 1. The van der Waals surface area contributed by atoms with Gasteiger partial charge in [-0.2, -0.15) is 5.26 Å². The first kappa shape index (κ1) is 22.1. The van der Waals surface area contributed by atoms with E-state index in [0.717, 1.165) is 5.56 Å². The second-order valence-electron chi connectivity index (χ2n) is 8.09. The predicted octanol–water partition coefficient (Wildman–Crippen LogP) is 3.84. The van der Waals surface area contributed by atoms with Crippen LogP contribution in [-0.4, -0.2) is 30.1 Å². The van der Waals surface area contributed by atoms with Crippen LogP contribution in [0.4, 0.5) is 0 Å². The maximum absolute atomic E-state index is 12.4. The van der Waals surface area contributed by atoms with E-state index < -0.39 is 11.9 Å². The maximum atomic E-state index is 12.4. The molecule has 2 aliphatic heterocycles. The molecule has 0 unspecified atom stereocenters. The molecule has 0 bridgehead atoms. The number of hydrogen-bond donors (Lipinski definition) is 2. The van der Waals surface area contributed by atoms with Gasteiger partial charge in [0, 0.05) is 5.56 Å². The van der Waals surface area contributed by atoms with Gasteiger partial charge >= 0.3 is 5.97 Å². The van der Waals surface area contributed by atoms with E-state index in [2.05, 4.69) is 16.3 Å². The number of benzene rings is 2.